The van der Waals surface area contributed by atoms with Crippen molar-refractivity contribution in [3.05, 3.63) is 98.3 Å². The number of benzene rings is 3. The minimum Gasteiger partial charge on any atom is -0.448 e. The van der Waals surface area contributed by atoms with Crippen LogP contribution in [0.4, 0.5) is 5.69 Å². The van der Waals surface area contributed by atoms with Crippen LogP contribution in [0.1, 0.15) is 23.8 Å². The van der Waals surface area contributed by atoms with E-state index < -0.39 is 18.0 Å². The molecule has 8 heteroatoms. The molecule has 4 rings (SSSR count). The van der Waals surface area contributed by atoms with Crippen molar-refractivity contribution in [2.45, 2.75) is 19.4 Å². The number of ether oxygens (including phenoxy) is 1. The number of esters is 1. The Hall–Kier alpha value is -3.42. The van der Waals surface area contributed by atoms with Gasteiger partial charge < -0.3 is 14.6 Å². The van der Waals surface area contributed by atoms with Crippen molar-refractivity contribution in [3.63, 3.8) is 0 Å². The molecule has 0 fully saturated rings. The normalized spacial score (nSPS) is 11.8. The number of para-hydroxylation sites is 1. The molecule has 35 heavy (non-hydrogen) atoms. The number of carbonyl (C=O) groups excluding carboxylic acids is 2. The minimum absolute atomic E-state index is 0.0585. The molecule has 0 spiro atoms. The van der Waals surface area contributed by atoms with Crippen molar-refractivity contribution in [2.24, 2.45) is 7.05 Å². The quantitative estimate of drug-likeness (QED) is 0.289. The summed E-state index contributed by atoms with van der Waals surface area (Å²) in [6.07, 6.45) is -0.811. The second-order valence-electron chi connectivity index (χ2n) is 7.91. The Kier molecular flexibility index (Phi) is 7.38. The number of aromatic nitrogens is 1. The number of nitrogens with one attached hydrogen (secondary N) is 1. The van der Waals surface area contributed by atoms with E-state index in [-0.39, 0.29) is 17.7 Å². The molecule has 1 amide bonds. The van der Waals surface area contributed by atoms with Crippen LogP contribution in [0, 0.1) is 0 Å². The lowest BCUT2D eigenvalue weighted by Crippen LogP contribution is -2.34. The van der Waals surface area contributed by atoms with Crippen LogP contribution < -0.4 is 10.9 Å². The van der Waals surface area contributed by atoms with E-state index in [0.29, 0.717) is 37.1 Å². The maximum atomic E-state index is 13.5. The number of nitrogens with zero attached hydrogens (tertiary/aromatic N) is 1. The van der Waals surface area contributed by atoms with Crippen molar-refractivity contribution in [1.82, 2.24) is 4.57 Å². The van der Waals surface area contributed by atoms with Gasteiger partial charge in [-0.25, -0.2) is 4.79 Å². The largest absolute Gasteiger partial charge is 0.448 e. The lowest BCUT2D eigenvalue weighted by atomic mass is 9.96. The van der Waals surface area contributed by atoms with Crippen LogP contribution in [0.5, 0.6) is 0 Å². The van der Waals surface area contributed by atoms with Gasteiger partial charge in [0.2, 0.25) is 0 Å². The number of carbonyl (C=O) groups is 2. The van der Waals surface area contributed by atoms with Crippen molar-refractivity contribution in [1.29, 1.82) is 0 Å². The van der Waals surface area contributed by atoms with Crippen LogP contribution in [0.15, 0.2) is 82.1 Å². The first-order chi connectivity index (χ1) is 16.8. The molecule has 0 saturated carbocycles. The average Bonchev–Trinajstić information content (AvgIpc) is 2.86. The Labute approximate surface area is 215 Å². The highest BCUT2D eigenvalue weighted by atomic mass is 79.9. The van der Waals surface area contributed by atoms with Gasteiger partial charge in [0.05, 0.1) is 5.69 Å². The smallest absolute Gasteiger partial charge is 0.356 e. The van der Waals surface area contributed by atoms with Crippen molar-refractivity contribution in [2.75, 3.05) is 5.32 Å². The van der Waals surface area contributed by atoms with Gasteiger partial charge in [-0.3, -0.25) is 9.59 Å². The number of hydrogen-bond donors (Lipinski definition) is 1. The monoisotopic (exact) mass is 552 g/mol. The summed E-state index contributed by atoms with van der Waals surface area (Å²) in [5, 5.41) is 4.40. The second-order valence-corrected chi connectivity index (χ2v) is 9.20. The first-order valence-corrected chi connectivity index (χ1v) is 12.1. The maximum Gasteiger partial charge on any atom is 0.356 e. The summed E-state index contributed by atoms with van der Waals surface area (Å²) in [4.78, 5) is 39.6. The fraction of sp³-hybridized carbons (Fsp3) is 0.148. The van der Waals surface area contributed by atoms with Crippen LogP contribution in [0.2, 0.25) is 5.02 Å². The van der Waals surface area contributed by atoms with E-state index in [9.17, 15) is 14.4 Å². The van der Waals surface area contributed by atoms with Crippen LogP contribution in [0.3, 0.4) is 0 Å². The van der Waals surface area contributed by atoms with Gasteiger partial charge in [0.25, 0.3) is 11.5 Å². The van der Waals surface area contributed by atoms with Crippen molar-refractivity contribution >= 4 is 55.9 Å². The van der Waals surface area contributed by atoms with Gasteiger partial charge in [0.15, 0.2) is 6.10 Å². The summed E-state index contributed by atoms with van der Waals surface area (Å²) in [5.41, 5.74) is 1.51. The molecule has 0 aliphatic carbocycles. The molecule has 1 aromatic heterocycles. The van der Waals surface area contributed by atoms with Gasteiger partial charge in [0.1, 0.15) is 5.69 Å². The summed E-state index contributed by atoms with van der Waals surface area (Å²) in [7, 11) is 1.52. The topological polar surface area (TPSA) is 77.4 Å². The first-order valence-electron chi connectivity index (χ1n) is 11.0. The Morgan fingerprint density at radius 1 is 1.00 bits per heavy atom. The predicted octanol–water partition coefficient (Wildman–Crippen LogP) is 6.20. The summed E-state index contributed by atoms with van der Waals surface area (Å²) in [6, 6.07) is 21.2. The molecule has 0 bridgehead atoms. The summed E-state index contributed by atoms with van der Waals surface area (Å²) in [5.74, 6) is -1.24. The van der Waals surface area contributed by atoms with E-state index in [1.165, 1.54) is 11.6 Å². The zero-order valence-corrected chi connectivity index (χ0v) is 21.4. The first kappa shape index (κ1) is 24.7. The molecule has 1 atom stereocenters. The van der Waals surface area contributed by atoms with E-state index in [4.69, 9.17) is 16.3 Å². The van der Waals surface area contributed by atoms with Crippen molar-refractivity contribution in [3.8, 4) is 11.1 Å². The SMILES string of the molecule is CCC(OC(=O)c1c(-c2ccc(Cl)cc2)c2ccccc2c(=O)n1C)C(=O)Nc1ccccc1Br. The third-order valence-corrected chi connectivity index (χ3v) is 6.62. The number of pyridine rings is 1. The Bertz CT molecular complexity index is 1480. The summed E-state index contributed by atoms with van der Waals surface area (Å²) in [6.45, 7) is 1.75. The summed E-state index contributed by atoms with van der Waals surface area (Å²) >= 11 is 9.48. The van der Waals surface area contributed by atoms with Gasteiger partial charge in [-0.05, 0) is 63.6 Å². The second kappa shape index (κ2) is 10.5. The van der Waals surface area contributed by atoms with Gasteiger partial charge in [-0.1, -0.05) is 61.0 Å². The fourth-order valence-corrected chi connectivity index (χ4v) is 4.41. The Morgan fingerprint density at radius 2 is 1.63 bits per heavy atom. The van der Waals surface area contributed by atoms with Crippen molar-refractivity contribution < 1.29 is 14.3 Å². The van der Waals surface area contributed by atoms with Gasteiger partial charge >= 0.3 is 5.97 Å². The number of amides is 1. The highest BCUT2D eigenvalue weighted by Gasteiger charge is 2.28. The molecular formula is C27H22BrClN2O4. The number of hydrogen-bond acceptors (Lipinski definition) is 4. The van der Waals surface area contributed by atoms with E-state index in [1.807, 2.05) is 6.07 Å². The lowest BCUT2D eigenvalue weighted by Gasteiger charge is -2.20. The number of halogens is 2. The molecule has 1 heterocycles. The summed E-state index contributed by atoms with van der Waals surface area (Å²) < 4.78 is 7.65. The Balaban J connectivity index is 1.77. The zero-order chi connectivity index (χ0) is 25.1. The molecule has 0 radical (unpaired) electrons. The maximum absolute atomic E-state index is 13.5. The van der Waals surface area contributed by atoms with Crippen LogP contribution in [0.25, 0.3) is 21.9 Å². The van der Waals surface area contributed by atoms with E-state index in [0.717, 1.165) is 0 Å². The molecule has 3 aromatic carbocycles. The average molecular weight is 554 g/mol. The molecule has 4 aromatic rings. The van der Waals surface area contributed by atoms with Crippen LogP contribution >= 0.6 is 27.5 Å². The molecular weight excluding hydrogens is 532 g/mol. The van der Waals surface area contributed by atoms with Crippen LogP contribution in [-0.2, 0) is 16.6 Å². The molecule has 1 unspecified atom stereocenters. The number of rotatable bonds is 6. The van der Waals surface area contributed by atoms with Gasteiger partial charge in [-0.15, -0.1) is 0 Å². The van der Waals surface area contributed by atoms with E-state index in [2.05, 4.69) is 21.2 Å². The molecule has 178 valence electrons. The zero-order valence-electron chi connectivity index (χ0n) is 19.0. The standard InChI is InChI=1S/C27H22BrClN2O4/c1-3-22(25(32)30-21-11-7-6-10-20(21)28)35-27(34)24-23(16-12-14-17(29)15-13-16)18-8-4-5-9-19(18)26(33)31(24)2/h4-15,22H,3H2,1-2H3,(H,30,32). The van der Waals surface area contributed by atoms with Gasteiger partial charge in [-0.2, -0.15) is 0 Å². The number of fused-ring (bicyclic) bond motifs is 1. The van der Waals surface area contributed by atoms with E-state index in [1.54, 1.807) is 73.7 Å². The predicted molar refractivity (Wildman–Crippen MR) is 142 cm³/mol. The van der Waals surface area contributed by atoms with Crippen LogP contribution in [-0.4, -0.2) is 22.5 Å². The van der Waals surface area contributed by atoms with E-state index >= 15 is 0 Å². The number of anilines is 1. The third kappa shape index (κ3) is 5.01. The highest BCUT2D eigenvalue weighted by molar-refractivity contribution is 9.10. The molecule has 1 N–H and O–H groups in total. The highest BCUT2D eigenvalue weighted by Crippen LogP contribution is 2.32. The van der Waals surface area contributed by atoms with Gasteiger partial charge in [0, 0.05) is 27.5 Å². The molecule has 6 nitrogen and oxygen atoms in total. The lowest BCUT2D eigenvalue weighted by molar-refractivity contribution is -0.124. The fourth-order valence-electron chi connectivity index (χ4n) is 3.90. The Morgan fingerprint density at radius 3 is 2.29 bits per heavy atom. The minimum atomic E-state index is -1.06. The molecule has 0 saturated heterocycles. The molecule has 0 aliphatic heterocycles. The third-order valence-electron chi connectivity index (χ3n) is 5.67. The molecule has 0 aliphatic rings.